The standard InChI is InChI=1S/C29H37N7O2.C15H27NO2/c1-19-23-17-32-28(34-26(23)36(21-6-3-4-7-21)27(38)25(19)20(2)37)33-24-9-8-22(16-31-24)35-15-5-10-29(18-35)11-13-30-14-12-29;1-14(2,3)18-13(17)16-11-9-15(10-12-16)7-5-4-6-8-15/h8-9,16-17,21,30H,3-7,10-15,18H2,1-2H3,(H,31,32,33,34);4-12H2,1-3H3. The number of piperidine rings is 3. The molecule has 0 aromatic carbocycles. The molecule has 3 aromatic heterocycles. The first-order valence-electron chi connectivity index (χ1n) is 21.4. The minimum absolute atomic E-state index is 0.0524. The normalized spacial score (nSPS) is 21.2. The number of ether oxygens (including phenoxy) is 1. The molecule has 0 unspecified atom stereocenters. The topological polar surface area (TPSA) is 135 Å². The summed E-state index contributed by atoms with van der Waals surface area (Å²) in [4.78, 5) is 56.1. The van der Waals surface area contributed by atoms with E-state index >= 15 is 0 Å². The number of anilines is 3. The molecule has 0 radical (unpaired) electrons. The van der Waals surface area contributed by atoms with Crippen LogP contribution >= 0.6 is 0 Å². The van der Waals surface area contributed by atoms with E-state index in [0.29, 0.717) is 33.8 Å². The predicted octanol–water partition coefficient (Wildman–Crippen LogP) is 8.49. The van der Waals surface area contributed by atoms with Crippen LogP contribution in [0.3, 0.4) is 0 Å². The number of nitrogens with zero attached hydrogens (tertiary/aromatic N) is 6. The number of nitrogens with one attached hydrogen (secondary N) is 2. The number of likely N-dealkylation sites (tertiary alicyclic amines) is 1. The molecule has 3 aliphatic heterocycles. The molecule has 12 heteroatoms. The molecule has 5 aliphatic rings. The summed E-state index contributed by atoms with van der Waals surface area (Å²) in [5.41, 5.74) is 2.98. The third-order valence-corrected chi connectivity index (χ3v) is 13.3. The summed E-state index contributed by atoms with van der Waals surface area (Å²) in [5.74, 6) is 0.839. The van der Waals surface area contributed by atoms with Crippen LogP contribution in [0.5, 0.6) is 0 Å². The third-order valence-electron chi connectivity index (χ3n) is 13.3. The van der Waals surface area contributed by atoms with Gasteiger partial charge in [0.25, 0.3) is 5.56 Å². The Morgan fingerprint density at radius 1 is 0.857 bits per heavy atom. The second-order valence-electron chi connectivity index (χ2n) is 18.4. The Morgan fingerprint density at radius 2 is 1.55 bits per heavy atom. The van der Waals surface area contributed by atoms with Gasteiger partial charge in [-0.1, -0.05) is 32.1 Å². The van der Waals surface area contributed by atoms with Crippen LogP contribution in [-0.2, 0) is 4.74 Å². The molecule has 0 bridgehead atoms. The van der Waals surface area contributed by atoms with Crippen LogP contribution in [0.2, 0.25) is 0 Å². The van der Waals surface area contributed by atoms with Crippen LogP contribution in [0.15, 0.2) is 29.3 Å². The third kappa shape index (κ3) is 9.05. The van der Waals surface area contributed by atoms with Crippen LogP contribution < -0.4 is 21.1 Å². The fraction of sp³-hybridized carbons (Fsp3) is 0.682. The largest absolute Gasteiger partial charge is 0.444 e. The van der Waals surface area contributed by atoms with Gasteiger partial charge in [0.15, 0.2) is 5.78 Å². The number of carbonyl (C=O) groups excluding carboxylic acids is 2. The van der Waals surface area contributed by atoms with E-state index in [1.54, 1.807) is 10.8 Å². The van der Waals surface area contributed by atoms with Crippen molar-refractivity contribution in [2.24, 2.45) is 10.8 Å². The van der Waals surface area contributed by atoms with Crippen LogP contribution in [0.1, 0.15) is 146 Å². The van der Waals surface area contributed by atoms with E-state index in [1.807, 2.05) is 44.9 Å². The number of amides is 1. The molecule has 2 N–H and O–H groups in total. The Balaban J connectivity index is 0.000000224. The first-order valence-corrected chi connectivity index (χ1v) is 21.4. The van der Waals surface area contributed by atoms with Gasteiger partial charge in [-0.15, -0.1) is 0 Å². The Bertz CT molecular complexity index is 1900. The summed E-state index contributed by atoms with van der Waals surface area (Å²) in [7, 11) is 0. The van der Waals surface area contributed by atoms with Crippen LogP contribution in [-0.4, -0.2) is 81.2 Å². The van der Waals surface area contributed by atoms with Crippen molar-refractivity contribution < 1.29 is 14.3 Å². The molecule has 0 atom stereocenters. The molecule has 3 saturated heterocycles. The highest BCUT2D eigenvalue weighted by molar-refractivity contribution is 5.99. The molecule has 56 heavy (non-hydrogen) atoms. The molecule has 8 rings (SSSR count). The fourth-order valence-corrected chi connectivity index (χ4v) is 10.2. The van der Waals surface area contributed by atoms with Crippen molar-refractivity contribution in [1.82, 2.24) is 29.7 Å². The van der Waals surface area contributed by atoms with E-state index in [4.69, 9.17) is 9.72 Å². The average Bonchev–Trinajstić information content (AvgIpc) is 3.70. The zero-order chi connectivity index (χ0) is 39.5. The van der Waals surface area contributed by atoms with Crippen molar-refractivity contribution in [1.29, 1.82) is 0 Å². The maximum absolute atomic E-state index is 13.4. The zero-order valence-electron chi connectivity index (χ0n) is 34.6. The van der Waals surface area contributed by atoms with Gasteiger partial charge >= 0.3 is 6.09 Å². The molecule has 2 saturated carbocycles. The molecular formula is C44H64N8O4. The van der Waals surface area contributed by atoms with E-state index < -0.39 is 0 Å². The van der Waals surface area contributed by atoms with Crippen molar-refractivity contribution in [2.45, 2.75) is 143 Å². The van der Waals surface area contributed by atoms with E-state index in [-0.39, 0.29) is 34.6 Å². The molecule has 12 nitrogen and oxygen atoms in total. The Morgan fingerprint density at radius 3 is 2.20 bits per heavy atom. The summed E-state index contributed by atoms with van der Waals surface area (Å²) >= 11 is 0. The number of rotatable bonds is 5. The molecule has 304 valence electrons. The van der Waals surface area contributed by atoms with Crippen molar-refractivity contribution in [3.8, 4) is 0 Å². The highest BCUT2D eigenvalue weighted by Gasteiger charge is 2.38. The van der Waals surface area contributed by atoms with E-state index in [9.17, 15) is 14.4 Å². The number of Topliss-reactive ketones (excluding diaryl/α,β-unsaturated/α-hetero) is 1. The summed E-state index contributed by atoms with van der Waals surface area (Å²) in [5, 5.41) is 7.48. The number of aryl methyl sites for hydroxylation is 1. The molecule has 5 fully saturated rings. The zero-order valence-corrected chi connectivity index (χ0v) is 34.6. The highest BCUT2D eigenvalue weighted by Crippen LogP contribution is 2.45. The number of hydrogen-bond donors (Lipinski definition) is 2. The summed E-state index contributed by atoms with van der Waals surface area (Å²) in [6, 6.07) is 4.14. The molecular weight excluding hydrogens is 705 g/mol. The van der Waals surface area contributed by atoms with Gasteiger partial charge in [0.2, 0.25) is 5.95 Å². The van der Waals surface area contributed by atoms with Crippen molar-refractivity contribution in [3.63, 3.8) is 0 Å². The number of hydrogen-bond acceptors (Lipinski definition) is 10. The van der Waals surface area contributed by atoms with Crippen molar-refractivity contribution >= 4 is 40.4 Å². The number of ketones is 1. The van der Waals surface area contributed by atoms with Gasteiger partial charge < -0.3 is 25.2 Å². The monoisotopic (exact) mass is 769 g/mol. The summed E-state index contributed by atoms with van der Waals surface area (Å²) in [6.45, 7) is 15.2. The maximum Gasteiger partial charge on any atom is 0.410 e. The predicted molar refractivity (Wildman–Crippen MR) is 222 cm³/mol. The number of pyridine rings is 2. The molecule has 6 heterocycles. The molecule has 3 aromatic rings. The molecule has 2 spiro atoms. The van der Waals surface area contributed by atoms with Gasteiger partial charge in [0, 0.05) is 43.8 Å². The molecule has 1 amide bonds. The van der Waals surface area contributed by atoms with Gasteiger partial charge in [0.05, 0.1) is 17.4 Å². The lowest BCUT2D eigenvalue weighted by atomic mass is 9.68. The fourth-order valence-electron chi connectivity index (χ4n) is 10.2. The minimum atomic E-state index is -0.378. The first-order chi connectivity index (χ1) is 26.8. The van der Waals surface area contributed by atoms with Gasteiger partial charge in [-0.25, -0.2) is 14.8 Å². The van der Waals surface area contributed by atoms with Gasteiger partial charge in [0.1, 0.15) is 17.1 Å². The van der Waals surface area contributed by atoms with Gasteiger partial charge in [-0.3, -0.25) is 14.2 Å². The van der Waals surface area contributed by atoms with Gasteiger partial charge in [-0.2, -0.15) is 4.98 Å². The number of carbonyl (C=O) groups is 2. The number of aromatic nitrogens is 4. The van der Waals surface area contributed by atoms with E-state index in [2.05, 4.69) is 31.6 Å². The lowest BCUT2D eigenvalue weighted by Crippen LogP contribution is -2.48. The summed E-state index contributed by atoms with van der Waals surface area (Å²) in [6.07, 6.45) is 21.8. The van der Waals surface area contributed by atoms with Crippen LogP contribution in [0.25, 0.3) is 11.0 Å². The van der Waals surface area contributed by atoms with Crippen LogP contribution in [0.4, 0.5) is 22.2 Å². The Kier molecular flexibility index (Phi) is 12.1. The van der Waals surface area contributed by atoms with E-state index in [1.165, 1.54) is 77.6 Å². The SMILES string of the molecule is CC(=O)c1c(C)c2cnc(Nc3ccc(N4CCCC5(CCNCC5)C4)cn3)nc2n(C2CCCC2)c1=O.CC(C)(C)OC(=O)N1CCC2(CCCCC2)CC1. The lowest BCUT2D eigenvalue weighted by Gasteiger charge is -2.46. The lowest BCUT2D eigenvalue weighted by molar-refractivity contribution is 0.00450. The molecule has 2 aliphatic carbocycles. The quantitative estimate of drug-likeness (QED) is 0.244. The second-order valence-corrected chi connectivity index (χ2v) is 18.4. The smallest absolute Gasteiger partial charge is 0.410 e. The Hall–Kier alpha value is -4.06. The highest BCUT2D eigenvalue weighted by atomic mass is 16.6. The van der Waals surface area contributed by atoms with E-state index in [0.717, 1.165) is 76.0 Å². The average molecular weight is 769 g/mol. The van der Waals surface area contributed by atoms with Crippen molar-refractivity contribution in [3.05, 3.63) is 46.0 Å². The van der Waals surface area contributed by atoms with Crippen LogP contribution in [0, 0.1) is 17.8 Å². The number of fused-ring (bicyclic) bond motifs is 1. The van der Waals surface area contributed by atoms with Gasteiger partial charge in [-0.05, 0) is 140 Å². The summed E-state index contributed by atoms with van der Waals surface area (Å²) < 4.78 is 7.18. The van der Waals surface area contributed by atoms with Crippen molar-refractivity contribution in [2.75, 3.05) is 49.5 Å². The first kappa shape index (κ1) is 40.1. The Labute approximate surface area is 332 Å². The second kappa shape index (κ2) is 16.8. The maximum atomic E-state index is 13.4. The minimum Gasteiger partial charge on any atom is -0.444 e.